The van der Waals surface area contributed by atoms with Crippen molar-refractivity contribution in [1.29, 1.82) is 0 Å². The van der Waals surface area contributed by atoms with Crippen molar-refractivity contribution >= 4 is 63.6 Å². The van der Waals surface area contributed by atoms with Gasteiger partial charge in [-0.05, 0) is 67.3 Å². The molecule has 2 aromatic heterocycles. The molecule has 3 aliphatic rings. The van der Waals surface area contributed by atoms with Crippen molar-refractivity contribution in [3.63, 3.8) is 0 Å². The number of rotatable bonds is 27. The van der Waals surface area contributed by atoms with E-state index in [0.717, 1.165) is 23.8 Å². The molecule has 2 aromatic carbocycles. The summed E-state index contributed by atoms with van der Waals surface area (Å²) in [6.45, 7) is 6.56. The van der Waals surface area contributed by atoms with Crippen molar-refractivity contribution in [2.45, 2.75) is 44.4 Å². The summed E-state index contributed by atoms with van der Waals surface area (Å²) in [5.74, 6) is 0.358. The van der Waals surface area contributed by atoms with E-state index >= 15 is 0 Å². The zero-order chi connectivity index (χ0) is 48.5. The average molecular weight is 979 g/mol. The number of anilines is 3. The molecule has 7 rings (SSSR count). The second-order valence-corrected chi connectivity index (χ2v) is 16.7. The lowest BCUT2D eigenvalue weighted by Crippen LogP contribution is -2.52. The maximum Gasteiger partial charge on any atom is 0.293 e. The lowest BCUT2D eigenvalue weighted by molar-refractivity contribution is -0.137. The van der Waals surface area contributed by atoms with Gasteiger partial charge in [-0.3, -0.25) is 29.3 Å². The Morgan fingerprint density at radius 1 is 0.812 bits per heavy atom. The summed E-state index contributed by atoms with van der Waals surface area (Å²) in [7, 11) is 3.15. The Bertz CT molecular complexity index is 2470. The highest BCUT2D eigenvalue weighted by atomic mass is 35.5. The number of halogens is 1. The van der Waals surface area contributed by atoms with E-state index in [9.17, 15) is 24.0 Å². The summed E-state index contributed by atoms with van der Waals surface area (Å²) < 4.78 is 46.8. The molecule has 0 saturated carbocycles. The first-order valence-corrected chi connectivity index (χ1v) is 23.4. The lowest BCUT2D eigenvalue weighted by atomic mass is 10.0. The van der Waals surface area contributed by atoms with Crippen LogP contribution < -0.4 is 35.9 Å². The Kier molecular flexibility index (Phi) is 18.9. The molecule has 0 bridgehead atoms. The molecule has 4 aromatic rings. The van der Waals surface area contributed by atoms with E-state index in [1.54, 1.807) is 37.5 Å². The number of fused-ring (bicyclic) bond motifs is 2. The van der Waals surface area contributed by atoms with E-state index in [2.05, 4.69) is 25.8 Å². The van der Waals surface area contributed by atoms with Gasteiger partial charge in [-0.1, -0.05) is 11.6 Å². The topological polar surface area (TPSA) is 232 Å². The molecule has 0 spiro atoms. The van der Waals surface area contributed by atoms with Crippen molar-refractivity contribution < 1.29 is 57.1 Å². The van der Waals surface area contributed by atoms with Gasteiger partial charge in [0.1, 0.15) is 23.4 Å². The summed E-state index contributed by atoms with van der Waals surface area (Å²) in [6, 6.07) is 11.7. The lowest BCUT2D eigenvalue weighted by Gasteiger charge is -2.32. The van der Waals surface area contributed by atoms with Crippen LogP contribution in [0.15, 0.2) is 53.5 Å². The Balaban J connectivity index is 0.665. The molecule has 1 atom stereocenters. The van der Waals surface area contributed by atoms with E-state index in [1.807, 2.05) is 18.2 Å². The van der Waals surface area contributed by atoms with Gasteiger partial charge in [0, 0.05) is 56.8 Å². The third kappa shape index (κ3) is 14.3. The van der Waals surface area contributed by atoms with E-state index in [0.29, 0.717) is 145 Å². The van der Waals surface area contributed by atoms with Crippen molar-refractivity contribution in [2.24, 2.45) is 7.05 Å². The molecule has 0 radical (unpaired) electrons. The smallest absolute Gasteiger partial charge is 0.293 e. The molecule has 1 unspecified atom stereocenters. The van der Waals surface area contributed by atoms with E-state index < -0.39 is 11.9 Å². The molecule has 3 aliphatic heterocycles. The molecule has 4 amide bonds. The quantitative estimate of drug-likeness (QED) is 0.0576. The number of piperidine rings is 2. The van der Waals surface area contributed by atoms with Gasteiger partial charge >= 0.3 is 0 Å². The van der Waals surface area contributed by atoms with Crippen molar-refractivity contribution in [3.8, 4) is 11.5 Å². The molecule has 69 heavy (non-hydrogen) atoms. The second kappa shape index (κ2) is 25.6. The van der Waals surface area contributed by atoms with Crippen LogP contribution in [0.4, 0.5) is 17.5 Å². The van der Waals surface area contributed by atoms with E-state index in [4.69, 9.17) is 54.5 Å². The molecule has 5 heterocycles. The summed E-state index contributed by atoms with van der Waals surface area (Å²) >= 11 is 6.51. The molecule has 2 fully saturated rings. The zero-order valence-corrected chi connectivity index (χ0v) is 39.6. The Morgan fingerprint density at radius 3 is 2.14 bits per heavy atom. The van der Waals surface area contributed by atoms with Gasteiger partial charge in [-0.25, -0.2) is 4.98 Å². The third-order valence-corrected chi connectivity index (χ3v) is 11.9. The number of aryl methyl sites for hydroxylation is 1. The summed E-state index contributed by atoms with van der Waals surface area (Å²) in [5, 5.41) is 9.14. The van der Waals surface area contributed by atoms with E-state index in [-0.39, 0.29) is 48.2 Å². The number of benzene rings is 2. The monoisotopic (exact) mass is 978 g/mol. The second-order valence-electron chi connectivity index (χ2n) is 16.3. The van der Waals surface area contributed by atoms with Gasteiger partial charge in [0.15, 0.2) is 18.2 Å². The fraction of sp³-hybridized carbons (Fsp3) is 0.511. The number of carbonyl (C=O) groups is 4. The summed E-state index contributed by atoms with van der Waals surface area (Å²) in [4.78, 5) is 73.9. The largest absolute Gasteiger partial charge is 0.491 e. The minimum absolute atomic E-state index is 0.0687. The highest BCUT2D eigenvalue weighted by molar-refractivity contribution is 6.33. The first kappa shape index (κ1) is 50.9. The Morgan fingerprint density at radius 2 is 1.48 bits per heavy atom. The summed E-state index contributed by atoms with van der Waals surface area (Å²) in [6.07, 6.45) is 3.82. The molecular formula is C47H59ClN8O13. The Hall–Kier alpha value is -5.94. The van der Waals surface area contributed by atoms with Gasteiger partial charge in [0.2, 0.25) is 17.8 Å². The number of nitrogens with one attached hydrogen (secondary N) is 3. The number of hydrogen-bond donors (Lipinski definition) is 3. The highest BCUT2D eigenvalue weighted by Crippen LogP contribution is 2.31. The molecule has 0 aliphatic carbocycles. The van der Waals surface area contributed by atoms with Gasteiger partial charge in [0.25, 0.3) is 17.4 Å². The van der Waals surface area contributed by atoms with Crippen LogP contribution in [0.2, 0.25) is 5.02 Å². The highest BCUT2D eigenvalue weighted by Gasteiger charge is 2.39. The van der Waals surface area contributed by atoms with Crippen molar-refractivity contribution in [1.82, 2.24) is 30.1 Å². The SMILES string of the molecule is CNC(=O)COc1cc2cc(Nc3nc(N4CCC(OCCOCCOCCOCCOCCOCCOc5ccc6c(c5)CN(C5CCC(=O)NC5=O)C6=O)CC4)ncc3Cl)ccc2n(C)c1=O. The number of likely N-dealkylation sites (N-methyl/N-ethyl adjacent to an activating group) is 1. The van der Waals surface area contributed by atoms with Gasteiger partial charge in [-0.15, -0.1) is 0 Å². The molecule has 22 heteroatoms. The number of carbonyl (C=O) groups excluding carboxylic acids is 4. The van der Waals surface area contributed by atoms with Crippen LogP contribution in [0.25, 0.3) is 10.9 Å². The van der Waals surface area contributed by atoms with E-state index in [1.165, 1.54) is 16.5 Å². The fourth-order valence-corrected chi connectivity index (χ4v) is 8.06. The molecule has 372 valence electrons. The predicted octanol–water partition coefficient (Wildman–Crippen LogP) is 2.76. The summed E-state index contributed by atoms with van der Waals surface area (Å²) in [5.41, 5.74) is 2.36. The molecule has 3 N–H and O–H groups in total. The number of nitrogens with zero attached hydrogens (tertiary/aromatic N) is 5. The number of hydrogen-bond acceptors (Lipinski definition) is 17. The van der Waals surface area contributed by atoms with Gasteiger partial charge in [-0.2, -0.15) is 4.98 Å². The van der Waals surface area contributed by atoms with Crippen LogP contribution in [-0.4, -0.2) is 161 Å². The van der Waals surface area contributed by atoms with Crippen LogP contribution in [0.3, 0.4) is 0 Å². The van der Waals surface area contributed by atoms with Crippen LogP contribution >= 0.6 is 11.6 Å². The molecule has 21 nitrogen and oxygen atoms in total. The third-order valence-electron chi connectivity index (χ3n) is 11.6. The predicted molar refractivity (Wildman–Crippen MR) is 252 cm³/mol. The van der Waals surface area contributed by atoms with Crippen LogP contribution in [0.5, 0.6) is 11.5 Å². The van der Waals surface area contributed by atoms with Gasteiger partial charge in [0.05, 0.1) is 90.5 Å². The number of ether oxygens (including phenoxy) is 8. The zero-order valence-electron chi connectivity index (χ0n) is 38.8. The number of amides is 4. The standard InChI is InChI=1S/C47H59ClN8O13/c1-49-42(58)30-69-40-27-31-25-33(3-6-38(31)54(2)46(40)61)51-43-37(48)28-50-47(53-43)55-11-9-34(10-12-55)67-23-21-65-19-17-63-15-13-62-14-16-64-18-20-66-22-24-68-35-4-5-36-32(26-35)29-56(45(36)60)39-7-8-41(57)52-44(39)59/h3-6,25-28,34,39H,7-24,29-30H2,1-2H3,(H,49,58)(H,50,51,53)(H,52,57,59). The van der Waals surface area contributed by atoms with Crippen LogP contribution in [0, 0.1) is 0 Å². The Labute approximate surface area is 403 Å². The van der Waals surface area contributed by atoms with Crippen LogP contribution in [-0.2, 0) is 56.4 Å². The number of pyridine rings is 1. The first-order chi connectivity index (χ1) is 33.6. The van der Waals surface area contributed by atoms with Crippen LogP contribution in [0.1, 0.15) is 41.6 Å². The fourth-order valence-electron chi connectivity index (χ4n) is 7.92. The maximum atomic E-state index is 12.9. The average Bonchev–Trinajstić information content (AvgIpc) is 3.67. The minimum Gasteiger partial charge on any atom is -0.491 e. The number of aromatic nitrogens is 3. The first-order valence-electron chi connectivity index (χ1n) is 23.0. The molecular weight excluding hydrogens is 920 g/mol. The van der Waals surface area contributed by atoms with Gasteiger partial charge < -0.3 is 62.9 Å². The van der Waals surface area contributed by atoms with Crippen molar-refractivity contribution in [2.75, 3.05) is 116 Å². The number of imide groups is 1. The molecule has 2 saturated heterocycles. The minimum atomic E-state index is -0.653. The normalized spacial score (nSPS) is 16.2. The van der Waals surface area contributed by atoms with Crippen molar-refractivity contribution in [3.05, 3.63) is 75.2 Å². The maximum absolute atomic E-state index is 12.9.